The molecule has 3 aliphatic rings. The van der Waals surface area contributed by atoms with Crippen LogP contribution < -0.4 is 9.47 Å². The van der Waals surface area contributed by atoms with Crippen LogP contribution in [0.2, 0.25) is 0 Å². The number of carbonyl (C=O) groups excluding carboxylic acids is 3. The molecule has 10 nitrogen and oxygen atoms in total. The molecule has 0 aliphatic carbocycles. The van der Waals surface area contributed by atoms with E-state index in [4.69, 9.17) is 23.9 Å². The van der Waals surface area contributed by atoms with Gasteiger partial charge in [-0.25, -0.2) is 9.79 Å². The average Bonchev–Trinajstić information content (AvgIpc) is 3.44. The Bertz CT molecular complexity index is 1500. The number of likely N-dealkylation sites (tertiary alicyclic amines) is 1. The van der Waals surface area contributed by atoms with Crippen molar-refractivity contribution in [3.63, 3.8) is 0 Å². The van der Waals surface area contributed by atoms with E-state index < -0.39 is 12.0 Å². The SMILES string of the molecule is CCOC(=O)[C@H]1CCCN(C(=O)CC2=CSC3=NC(C)=C(C(=O)OC)[C@H](c4ccc(OCc5ccccc5)c(OC)c4)N23)C1. The molecular weight excluding hydrogens is 582 g/mol. The Balaban J connectivity index is 1.42. The van der Waals surface area contributed by atoms with Crippen molar-refractivity contribution in [2.24, 2.45) is 10.9 Å². The Hall–Kier alpha value is -4.25. The van der Waals surface area contributed by atoms with Crippen LogP contribution >= 0.6 is 11.8 Å². The van der Waals surface area contributed by atoms with E-state index in [9.17, 15) is 14.4 Å². The summed E-state index contributed by atoms with van der Waals surface area (Å²) in [5.74, 6) is -0.122. The molecule has 3 heterocycles. The molecule has 0 spiro atoms. The Kier molecular flexibility index (Phi) is 9.94. The van der Waals surface area contributed by atoms with E-state index >= 15 is 0 Å². The third-order valence-corrected chi connectivity index (χ3v) is 8.76. The van der Waals surface area contributed by atoms with Gasteiger partial charge in [-0.2, -0.15) is 0 Å². The maximum atomic E-state index is 13.6. The van der Waals surface area contributed by atoms with Crippen molar-refractivity contribution in [2.75, 3.05) is 33.9 Å². The van der Waals surface area contributed by atoms with Gasteiger partial charge in [-0.05, 0) is 55.4 Å². The molecule has 232 valence electrons. The van der Waals surface area contributed by atoms with Crippen molar-refractivity contribution < 1.29 is 33.3 Å². The van der Waals surface area contributed by atoms with E-state index in [1.54, 1.807) is 25.9 Å². The molecule has 0 unspecified atom stereocenters. The number of piperidine rings is 1. The second kappa shape index (κ2) is 14.0. The summed E-state index contributed by atoms with van der Waals surface area (Å²) < 4.78 is 22.2. The minimum absolute atomic E-state index is 0.0843. The first kappa shape index (κ1) is 31.2. The highest BCUT2D eigenvalue weighted by molar-refractivity contribution is 8.16. The molecule has 0 saturated carbocycles. The molecule has 1 amide bonds. The molecule has 0 aromatic heterocycles. The van der Waals surface area contributed by atoms with E-state index in [1.807, 2.05) is 58.8 Å². The Labute approximate surface area is 261 Å². The van der Waals surface area contributed by atoms with Gasteiger partial charge < -0.3 is 28.7 Å². The molecule has 2 aromatic carbocycles. The predicted octanol–water partition coefficient (Wildman–Crippen LogP) is 5.21. The number of carbonyl (C=O) groups is 3. The lowest BCUT2D eigenvalue weighted by atomic mass is 9.93. The molecule has 0 radical (unpaired) electrons. The van der Waals surface area contributed by atoms with Crippen LogP contribution in [0.5, 0.6) is 11.5 Å². The number of ether oxygens (including phenoxy) is 4. The molecule has 11 heteroatoms. The topological polar surface area (TPSA) is 107 Å². The number of esters is 2. The van der Waals surface area contributed by atoms with E-state index in [1.165, 1.54) is 18.9 Å². The fourth-order valence-electron chi connectivity index (χ4n) is 5.69. The zero-order valence-corrected chi connectivity index (χ0v) is 26.2. The van der Waals surface area contributed by atoms with Crippen molar-refractivity contribution in [2.45, 2.75) is 45.8 Å². The minimum Gasteiger partial charge on any atom is -0.493 e. The summed E-state index contributed by atoms with van der Waals surface area (Å²) in [6.45, 7) is 5.15. The van der Waals surface area contributed by atoms with Crippen LogP contribution in [-0.4, -0.2) is 66.7 Å². The lowest BCUT2D eigenvalue weighted by Crippen LogP contribution is -2.44. The van der Waals surface area contributed by atoms with Crippen molar-refractivity contribution in [3.8, 4) is 11.5 Å². The smallest absolute Gasteiger partial charge is 0.338 e. The van der Waals surface area contributed by atoms with Crippen LogP contribution in [0.1, 0.15) is 50.3 Å². The maximum Gasteiger partial charge on any atom is 0.338 e. The number of rotatable bonds is 10. The molecule has 1 saturated heterocycles. The average molecular weight is 620 g/mol. The van der Waals surface area contributed by atoms with Gasteiger partial charge in [-0.15, -0.1) is 0 Å². The maximum absolute atomic E-state index is 13.6. The van der Waals surface area contributed by atoms with Gasteiger partial charge in [0, 0.05) is 18.8 Å². The Morgan fingerprint density at radius 3 is 2.59 bits per heavy atom. The number of allylic oxidation sites excluding steroid dienone is 1. The first-order chi connectivity index (χ1) is 21.3. The molecule has 3 aliphatic heterocycles. The monoisotopic (exact) mass is 619 g/mol. The fourth-order valence-corrected chi connectivity index (χ4v) is 6.65. The van der Waals surface area contributed by atoms with E-state index in [0.717, 1.165) is 17.5 Å². The summed E-state index contributed by atoms with van der Waals surface area (Å²) in [6, 6.07) is 14.8. The molecule has 0 bridgehead atoms. The van der Waals surface area contributed by atoms with Gasteiger partial charge in [0.1, 0.15) is 6.61 Å². The molecule has 2 atom stereocenters. The second-order valence-electron chi connectivity index (χ2n) is 10.7. The number of aliphatic imine (C=N–C) groups is 1. The molecule has 2 aromatic rings. The second-order valence-corrected chi connectivity index (χ2v) is 11.5. The number of amidine groups is 1. The van der Waals surface area contributed by atoms with Gasteiger partial charge >= 0.3 is 11.9 Å². The van der Waals surface area contributed by atoms with Gasteiger partial charge in [0.2, 0.25) is 5.91 Å². The number of benzene rings is 2. The van der Waals surface area contributed by atoms with Crippen LogP contribution in [0.25, 0.3) is 0 Å². The lowest BCUT2D eigenvalue weighted by Gasteiger charge is -2.37. The van der Waals surface area contributed by atoms with E-state index in [0.29, 0.717) is 66.4 Å². The lowest BCUT2D eigenvalue weighted by molar-refractivity contribution is -0.151. The largest absolute Gasteiger partial charge is 0.493 e. The highest BCUT2D eigenvalue weighted by Crippen LogP contribution is 2.46. The first-order valence-electron chi connectivity index (χ1n) is 14.7. The number of hydrogen-bond donors (Lipinski definition) is 0. The predicted molar refractivity (Wildman–Crippen MR) is 167 cm³/mol. The third kappa shape index (κ3) is 6.62. The molecule has 1 fully saturated rings. The summed E-state index contributed by atoms with van der Waals surface area (Å²) >= 11 is 1.40. The van der Waals surface area contributed by atoms with E-state index in [-0.39, 0.29) is 24.2 Å². The van der Waals surface area contributed by atoms with Gasteiger partial charge in [0.25, 0.3) is 0 Å². The molecular formula is C33H37N3O7S. The number of hydrogen-bond acceptors (Lipinski definition) is 10. The van der Waals surface area contributed by atoms with Crippen LogP contribution in [0.4, 0.5) is 0 Å². The number of fused-ring (bicyclic) bond motifs is 1. The van der Waals surface area contributed by atoms with Gasteiger partial charge in [-0.1, -0.05) is 48.2 Å². The van der Waals surface area contributed by atoms with Gasteiger partial charge in [0.05, 0.1) is 50.5 Å². The number of methoxy groups -OCH3 is 2. The Morgan fingerprint density at radius 2 is 1.86 bits per heavy atom. The summed E-state index contributed by atoms with van der Waals surface area (Å²) in [7, 11) is 2.91. The number of amides is 1. The Morgan fingerprint density at radius 1 is 1.07 bits per heavy atom. The van der Waals surface area contributed by atoms with Crippen molar-refractivity contribution in [3.05, 3.63) is 82.0 Å². The van der Waals surface area contributed by atoms with E-state index in [2.05, 4.69) is 0 Å². The number of nitrogens with zero attached hydrogens (tertiary/aromatic N) is 3. The summed E-state index contributed by atoms with van der Waals surface area (Å²) in [6.07, 6.45) is 1.52. The summed E-state index contributed by atoms with van der Waals surface area (Å²) in [4.78, 5) is 47.5. The van der Waals surface area contributed by atoms with Crippen LogP contribution in [0, 0.1) is 5.92 Å². The fraction of sp³-hybridized carbons (Fsp3) is 0.394. The first-order valence-corrected chi connectivity index (χ1v) is 15.5. The van der Waals surface area contributed by atoms with Crippen LogP contribution in [0.15, 0.2) is 75.9 Å². The van der Waals surface area contributed by atoms with Crippen molar-refractivity contribution in [1.82, 2.24) is 9.80 Å². The summed E-state index contributed by atoms with van der Waals surface area (Å²) in [5.41, 5.74) is 3.39. The van der Waals surface area contributed by atoms with Gasteiger partial charge in [-0.3, -0.25) is 9.59 Å². The highest BCUT2D eigenvalue weighted by atomic mass is 32.2. The molecule has 0 N–H and O–H groups in total. The van der Waals surface area contributed by atoms with Crippen LogP contribution in [-0.2, 0) is 30.5 Å². The normalized spacial score (nSPS) is 19.5. The third-order valence-electron chi connectivity index (χ3n) is 7.87. The highest BCUT2D eigenvalue weighted by Gasteiger charge is 2.42. The molecule has 5 rings (SSSR count). The van der Waals surface area contributed by atoms with Gasteiger partial charge in [0.15, 0.2) is 16.7 Å². The zero-order chi connectivity index (χ0) is 31.2. The molecule has 44 heavy (non-hydrogen) atoms. The quantitative estimate of drug-likeness (QED) is 0.331. The van der Waals surface area contributed by atoms with Crippen LogP contribution in [0.3, 0.4) is 0 Å². The minimum atomic E-state index is -0.616. The zero-order valence-electron chi connectivity index (χ0n) is 25.4. The van der Waals surface area contributed by atoms with Crippen molar-refractivity contribution >= 4 is 34.8 Å². The summed E-state index contributed by atoms with van der Waals surface area (Å²) in [5, 5.41) is 2.56. The van der Waals surface area contributed by atoms with Crippen molar-refractivity contribution in [1.29, 1.82) is 0 Å². The number of thioether (sulfide) groups is 1. The standard InChI is InChI=1S/C33H37N3O7S/c1-5-42-31(38)24-12-9-15-35(18-24)28(37)17-25-20-44-33-34-21(2)29(32(39)41-4)30(36(25)33)23-13-14-26(27(16-23)40-3)43-19-22-10-7-6-8-11-22/h6-8,10-11,13-14,16,20,24,30H,5,9,12,15,17-19H2,1-4H3/t24-,30-/m0/s1.